The summed E-state index contributed by atoms with van der Waals surface area (Å²) < 4.78 is 13.9. The molecule has 116 valence electrons. The van der Waals surface area contributed by atoms with Crippen LogP contribution >= 0.6 is 15.9 Å². The number of rotatable bonds is 4. The number of hydrogen-bond donors (Lipinski definition) is 1. The summed E-state index contributed by atoms with van der Waals surface area (Å²) in [5, 5.41) is 9.56. The summed E-state index contributed by atoms with van der Waals surface area (Å²) in [6.07, 6.45) is 2.24. The predicted molar refractivity (Wildman–Crippen MR) is 83.7 cm³/mol. The first kappa shape index (κ1) is 16.4. The van der Waals surface area contributed by atoms with Crippen molar-refractivity contribution in [1.82, 2.24) is 4.90 Å². The van der Waals surface area contributed by atoms with Gasteiger partial charge in [0, 0.05) is 17.1 Å². The Kier molecular flexibility index (Phi) is 5.04. The lowest BCUT2D eigenvalue weighted by atomic mass is 9.77. The molecule has 1 aliphatic rings. The lowest BCUT2D eigenvalue weighted by molar-refractivity contribution is -0.153. The van der Waals surface area contributed by atoms with E-state index in [1.807, 2.05) is 13.8 Å². The second-order valence-electron chi connectivity index (χ2n) is 5.85. The van der Waals surface area contributed by atoms with Crippen LogP contribution in [0.5, 0.6) is 0 Å². The van der Waals surface area contributed by atoms with Crippen LogP contribution in [0.2, 0.25) is 0 Å². The summed E-state index contributed by atoms with van der Waals surface area (Å²) in [5.74, 6) is -0.981. The monoisotopic (exact) mass is 357 g/mol. The van der Waals surface area contributed by atoms with E-state index in [1.165, 1.54) is 12.1 Å². The number of aliphatic carboxylic acids is 1. The van der Waals surface area contributed by atoms with Gasteiger partial charge in [0.2, 0.25) is 0 Å². The minimum atomic E-state index is -0.708. The molecule has 0 spiro atoms. The van der Waals surface area contributed by atoms with Crippen molar-refractivity contribution in [2.75, 3.05) is 13.1 Å². The SMILES string of the molecule is CCC1(C(=O)O)CCCN(C(C)c2ccc(F)cc2Br)C1. The Morgan fingerprint density at radius 2 is 2.29 bits per heavy atom. The number of nitrogens with zero attached hydrogens (tertiary/aromatic N) is 1. The van der Waals surface area contributed by atoms with Crippen LogP contribution < -0.4 is 0 Å². The van der Waals surface area contributed by atoms with E-state index < -0.39 is 11.4 Å². The van der Waals surface area contributed by atoms with Crippen LogP contribution in [-0.4, -0.2) is 29.1 Å². The zero-order valence-electron chi connectivity index (χ0n) is 12.4. The number of hydrogen-bond acceptors (Lipinski definition) is 2. The van der Waals surface area contributed by atoms with Gasteiger partial charge in [-0.1, -0.05) is 28.9 Å². The smallest absolute Gasteiger partial charge is 0.310 e. The molecule has 0 saturated carbocycles. The molecule has 1 heterocycles. The first-order valence-electron chi connectivity index (χ1n) is 7.32. The van der Waals surface area contributed by atoms with Crippen molar-refractivity contribution >= 4 is 21.9 Å². The van der Waals surface area contributed by atoms with Gasteiger partial charge >= 0.3 is 5.97 Å². The molecule has 2 unspecified atom stereocenters. The maximum atomic E-state index is 13.2. The third kappa shape index (κ3) is 3.29. The second kappa shape index (κ2) is 6.44. The molecule has 0 aromatic heterocycles. The molecule has 0 bridgehead atoms. The summed E-state index contributed by atoms with van der Waals surface area (Å²) in [7, 11) is 0. The van der Waals surface area contributed by atoms with Gasteiger partial charge in [0.25, 0.3) is 0 Å². The fourth-order valence-corrected chi connectivity index (χ4v) is 3.83. The Morgan fingerprint density at radius 3 is 2.86 bits per heavy atom. The highest BCUT2D eigenvalue weighted by molar-refractivity contribution is 9.10. The molecule has 2 atom stereocenters. The standard InChI is InChI=1S/C16H21BrFNO2/c1-3-16(15(20)21)7-4-8-19(10-16)11(2)13-6-5-12(18)9-14(13)17/h5-6,9,11H,3-4,7-8,10H2,1-2H3,(H,20,21). The molecule has 2 rings (SSSR count). The lowest BCUT2D eigenvalue weighted by Gasteiger charge is -2.42. The number of halogens is 2. The van der Waals surface area contributed by atoms with Crippen molar-refractivity contribution < 1.29 is 14.3 Å². The molecule has 0 amide bonds. The number of piperidine rings is 1. The van der Waals surface area contributed by atoms with E-state index in [1.54, 1.807) is 6.07 Å². The zero-order chi connectivity index (χ0) is 15.6. The Hall–Kier alpha value is -0.940. The van der Waals surface area contributed by atoms with Crippen LogP contribution in [-0.2, 0) is 4.79 Å². The van der Waals surface area contributed by atoms with Gasteiger partial charge in [-0.05, 0) is 50.4 Å². The van der Waals surface area contributed by atoms with Gasteiger partial charge < -0.3 is 5.11 Å². The maximum Gasteiger partial charge on any atom is 0.310 e. The van der Waals surface area contributed by atoms with Gasteiger partial charge in [-0.3, -0.25) is 9.69 Å². The molecular formula is C16H21BrFNO2. The molecule has 0 radical (unpaired) electrons. The summed E-state index contributed by atoms with van der Waals surface area (Å²) in [6, 6.07) is 4.74. The summed E-state index contributed by atoms with van der Waals surface area (Å²) in [4.78, 5) is 13.8. The van der Waals surface area contributed by atoms with E-state index in [0.717, 1.165) is 29.4 Å². The number of carboxylic acids is 1. The van der Waals surface area contributed by atoms with Crippen molar-refractivity contribution in [1.29, 1.82) is 0 Å². The molecule has 1 aromatic rings. The maximum absolute atomic E-state index is 13.2. The Bertz CT molecular complexity index is 537. The van der Waals surface area contributed by atoms with E-state index in [4.69, 9.17) is 0 Å². The van der Waals surface area contributed by atoms with Gasteiger partial charge in [-0.25, -0.2) is 4.39 Å². The topological polar surface area (TPSA) is 40.5 Å². The van der Waals surface area contributed by atoms with E-state index in [0.29, 0.717) is 13.0 Å². The van der Waals surface area contributed by atoms with E-state index >= 15 is 0 Å². The largest absolute Gasteiger partial charge is 0.481 e. The number of benzene rings is 1. The third-order valence-corrected chi connectivity index (χ3v) is 5.38. The van der Waals surface area contributed by atoms with Crippen molar-refractivity contribution in [2.45, 2.75) is 39.2 Å². The minimum Gasteiger partial charge on any atom is -0.481 e. The number of likely N-dealkylation sites (tertiary alicyclic amines) is 1. The lowest BCUT2D eigenvalue weighted by Crippen LogP contribution is -2.48. The van der Waals surface area contributed by atoms with Crippen LogP contribution in [0, 0.1) is 11.2 Å². The summed E-state index contributed by atoms with van der Waals surface area (Å²) >= 11 is 3.41. The van der Waals surface area contributed by atoms with Gasteiger partial charge in [0.1, 0.15) is 5.82 Å². The van der Waals surface area contributed by atoms with Crippen LogP contribution in [0.25, 0.3) is 0 Å². The molecule has 0 aliphatic carbocycles. The average Bonchev–Trinajstić information content (AvgIpc) is 2.46. The summed E-state index contributed by atoms with van der Waals surface area (Å²) in [6.45, 7) is 5.41. The van der Waals surface area contributed by atoms with E-state index in [9.17, 15) is 14.3 Å². The zero-order valence-corrected chi connectivity index (χ0v) is 14.0. The quantitative estimate of drug-likeness (QED) is 0.876. The Balaban J connectivity index is 2.22. The van der Waals surface area contributed by atoms with Gasteiger partial charge in [0.15, 0.2) is 0 Å². The van der Waals surface area contributed by atoms with Gasteiger partial charge in [0.05, 0.1) is 5.41 Å². The highest BCUT2D eigenvalue weighted by Crippen LogP contribution is 2.38. The fraction of sp³-hybridized carbons (Fsp3) is 0.562. The average molecular weight is 358 g/mol. The molecule has 1 saturated heterocycles. The van der Waals surface area contributed by atoms with Gasteiger partial charge in [-0.2, -0.15) is 0 Å². The highest BCUT2D eigenvalue weighted by Gasteiger charge is 2.42. The molecule has 1 aromatic carbocycles. The normalized spacial score (nSPS) is 24.8. The van der Waals surface area contributed by atoms with Crippen LogP contribution in [0.3, 0.4) is 0 Å². The minimum absolute atomic E-state index is 0.0607. The fourth-order valence-electron chi connectivity index (χ4n) is 3.15. The van der Waals surface area contributed by atoms with Crippen molar-refractivity contribution in [3.8, 4) is 0 Å². The van der Waals surface area contributed by atoms with Crippen LogP contribution in [0.1, 0.15) is 44.7 Å². The Labute approximate surface area is 133 Å². The second-order valence-corrected chi connectivity index (χ2v) is 6.71. The molecule has 5 heteroatoms. The molecular weight excluding hydrogens is 337 g/mol. The van der Waals surface area contributed by atoms with E-state index in [2.05, 4.69) is 20.8 Å². The highest BCUT2D eigenvalue weighted by atomic mass is 79.9. The summed E-state index contributed by atoms with van der Waals surface area (Å²) in [5.41, 5.74) is 0.340. The van der Waals surface area contributed by atoms with Crippen LogP contribution in [0.4, 0.5) is 4.39 Å². The number of carboxylic acid groups (broad SMARTS) is 1. The van der Waals surface area contributed by atoms with Crippen molar-refractivity contribution in [3.63, 3.8) is 0 Å². The van der Waals surface area contributed by atoms with Crippen molar-refractivity contribution in [2.24, 2.45) is 5.41 Å². The molecule has 1 N–H and O–H groups in total. The van der Waals surface area contributed by atoms with E-state index in [-0.39, 0.29) is 11.9 Å². The van der Waals surface area contributed by atoms with Crippen LogP contribution in [0.15, 0.2) is 22.7 Å². The van der Waals surface area contributed by atoms with Crippen molar-refractivity contribution in [3.05, 3.63) is 34.1 Å². The Morgan fingerprint density at radius 1 is 1.57 bits per heavy atom. The first-order valence-corrected chi connectivity index (χ1v) is 8.11. The molecule has 21 heavy (non-hydrogen) atoms. The van der Waals surface area contributed by atoms with Gasteiger partial charge in [-0.15, -0.1) is 0 Å². The number of carbonyl (C=O) groups is 1. The third-order valence-electron chi connectivity index (χ3n) is 4.70. The predicted octanol–water partition coefficient (Wildman–Crippen LogP) is 4.23. The first-order chi connectivity index (χ1) is 9.89. The molecule has 1 fully saturated rings. The molecule has 3 nitrogen and oxygen atoms in total. The molecule has 1 aliphatic heterocycles.